The van der Waals surface area contributed by atoms with Crippen LogP contribution in [-0.2, 0) is 9.59 Å². The molecule has 5 heteroatoms. The first-order valence-electron chi connectivity index (χ1n) is 10.3. The maximum Gasteiger partial charge on any atom is 0.223 e. The molecule has 0 unspecified atom stereocenters. The lowest BCUT2D eigenvalue weighted by Gasteiger charge is -2.54. The molecule has 0 spiro atoms. The van der Waals surface area contributed by atoms with Gasteiger partial charge in [0.2, 0.25) is 11.8 Å². The molecule has 1 aliphatic carbocycles. The number of hydrogen-bond acceptors (Lipinski definition) is 3. The van der Waals surface area contributed by atoms with Crippen LogP contribution in [0.4, 0.5) is 0 Å². The van der Waals surface area contributed by atoms with E-state index in [1.54, 1.807) is 4.90 Å². The highest BCUT2D eigenvalue weighted by Gasteiger charge is 2.50. The Bertz CT molecular complexity index is 758. The number of nitrogens with one attached hydrogen (secondary N) is 1. The number of benzene rings is 1. The molecule has 1 heterocycles. The lowest BCUT2D eigenvalue weighted by Crippen LogP contribution is -2.68. The third-order valence-electron chi connectivity index (χ3n) is 5.96. The largest absolute Gasteiger partial charge is 0.394 e. The summed E-state index contributed by atoms with van der Waals surface area (Å²) in [6, 6.07) is 7.67. The smallest absolute Gasteiger partial charge is 0.223 e. The second kappa shape index (κ2) is 9.25. The first-order valence-corrected chi connectivity index (χ1v) is 10.3. The lowest BCUT2D eigenvalue weighted by atomic mass is 9.74. The minimum atomic E-state index is -0.250. The van der Waals surface area contributed by atoms with Crippen LogP contribution in [0.3, 0.4) is 0 Å². The Morgan fingerprint density at radius 3 is 2.46 bits per heavy atom. The number of carbonyl (C=O) groups is 2. The molecule has 28 heavy (non-hydrogen) atoms. The van der Waals surface area contributed by atoms with Crippen LogP contribution >= 0.6 is 0 Å². The summed E-state index contributed by atoms with van der Waals surface area (Å²) < 4.78 is 0. The van der Waals surface area contributed by atoms with Gasteiger partial charge in [0.15, 0.2) is 0 Å². The third-order valence-corrected chi connectivity index (χ3v) is 5.96. The van der Waals surface area contributed by atoms with E-state index in [0.717, 1.165) is 43.2 Å². The molecular weight excluding hydrogens is 352 g/mol. The first kappa shape index (κ1) is 20.4. The average molecular weight is 383 g/mol. The number of rotatable bonds is 6. The van der Waals surface area contributed by atoms with Crippen LogP contribution in [0.1, 0.15) is 63.0 Å². The van der Waals surface area contributed by atoms with Crippen molar-refractivity contribution in [3.05, 3.63) is 35.4 Å². The fourth-order valence-corrected chi connectivity index (χ4v) is 4.18. The second-order valence-corrected chi connectivity index (χ2v) is 7.82. The maximum absolute atomic E-state index is 12.2. The van der Waals surface area contributed by atoms with E-state index in [4.69, 9.17) is 0 Å². The molecule has 1 saturated heterocycles. The van der Waals surface area contributed by atoms with Gasteiger partial charge in [0.25, 0.3) is 0 Å². The highest BCUT2D eigenvalue weighted by Crippen LogP contribution is 2.40. The van der Waals surface area contributed by atoms with E-state index in [-0.39, 0.29) is 42.3 Å². The van der Waals surface area contributed by atoms with Crippen molar-refractivity contribution in [1.29, 1.82) is 0 Å². The summed E-state index contributed by atoms with van der Waals surface area (Å²) in [4.78, 5) is 26.1. The Labute approximate surface area is 167 Å². The van der Waals surface area contributed by atoms with E-state index < -0.39 is 0 Å². The van der Waals surface area contributed by atoms with E-state index in [0.29, 0.717) is 6.54 Å². The number of aliphatic hydroxyl groups is 1. The van der Waals surface area contributed by atoms with Crippen molar-refractivity contribution in [2.45, 2.75) is 64.0 Å². The summed E-state index contributed by atoms with van der Waals surface area (Å²) >= 11 is 0. The van der Waals surface area contributed by atoms with Crippen LogP contribution in [0, 0.1) is 17.8 Å². The molecule has 1 aromatic rings. The summed E-state index contributed by atoms with van der Waals surface area (Å²) in [7, 11) is 0. The number of amides is 2. The standard InChI is InChI=1S/C23H30N2O3/c1-3-4-5-7-17-10-12-18(13-11-17)22-20(25(16(2)27)21(22)15-26)14-24-23(28)19-8-6-9-19/h10-13,19-22,26H,3-4,6,8-9,14-15H2,1-2H3,(H,24,28)/t20-,21-,22-/m1/s1. The number of likely N-dealkylation sites (tertiary alicyclic amines) is 1. The number of aliphatic hydroxyl groups excluding tert-OH is 1. The van der Waals surface area contributed by atoms with Crippen molar-refractivity contribution < 1.29 is 14.7 Å². The lowest BCUT2D eigenvalue weighted by molar-refractivity contribution is -0.149. The molecule has 2 N–H and O–H groups in total. The van der Waals surface area contributed by atoms with Crippen molar-refractivity contribution in [3.63, 3.8) is 0 Å². The minimum Gasteiger partial charge on any atom is -0.394 e. The zero-order chi connectivity index (χ0) is 20.1. The molecule has 1 saturated carbocycles. The molecule has 3 atom stereocenters. The molecule has 0 aromatic heterocycles. The zero-order valence-corrected chi connectivity index (χ0v) is 16.8. The fourth-order valence-electron chi connectivity index (χ4n) is 4.18. The molecule has 2 aliphatic rings. The number of unbranched alkanes of at least 4 members (excludes halogenated alkanes) is 1. The summed E-state index contributed by atoms with van der Waals surface area (Å²) in [6.07, 6.45) is 4.95. The van der Waals surface area contributed by atoms with E-state index in [2.05, 4.69) is 24.1 Å². The Kier molecular flexibility index (Phi) is 6.74. The summed E-state index contributed by atoms with van der Waals surface area (Å²) in [6.45, 7) is 3.96. The van der Waals surface area contributed by atoms with Gasteiger partial charge in [0.1, 0.15) is 0 Å². The molecule has 2 fully saturated rings. The highest BCUT2D eigenvalue weighted by atomic mass is 16.3. The highest BCUT2D eigenvalue weighted by molar-refractivity contribution is 5.80. The van der Waals surface area contributed by atoms with Gasteiger partial charge in [-0.15, -0.1) is 0 Å². The summed E-state index contributed by atoms with van der Waals surface area (Å²) in [5.41, 5.74) is 2.04. The Morgan fingerprint density at radius 2 is 1.93 bits per heavy atom. The van der Waals surface area contributed by atoms with Gasteiger partial charge in [0.05, 0.1) is 18.7 Å². The minimum absolute atomic E-state index is 0.00763. The van der Waals surface area contributed by atoms with Crippen LogP contribution in [0.2, 0.25) is 0 Å². The monoisotopic (exact) mass is 382 g/mol. The molecule has 150 valence electrons. The topological polar surface area (TPSA) is 69.6 Å². The van der Waals surface area contributed by atoms with Crippen LogP contribution in [0.15, 0.2) is 24.3 Å². The Morgan fingerprint density at radius 1 is 1.21 bits per heavy atom. The molecule has 2 amide bonds. The SMILES string of the molecule is CCCC#Cc1ccc([C@H]2[C@@H](CO)N(C(C)=O)[C@@H]2CNC(=O)C2CCC2)cc1. The maximum atomic E-state index is 12.2. The number of hydrogen-bond donors (Lipinski definition) is 2. The zero-order valence-electron chi connectivity index (χ0n) is 16.8. The second-order valence-electron chi connectivity index (χ2n) is 7.82. The van der Waals surface area contributed by atoms with Crippen molar-refractivity contribution in [3.8, 4) is 11.8 Å². The van der Waals surface area contributed by atoms with Gasteiger partial charge >= 0.3 is 0 Å². The summed E-state index contributed by atoms with van der Waals surface area (Å²) in [5, 5.41) is 12.9. The molecule has 0 radical (unpaired) electrons. The molecule has 1 aromatic carbocycles. The van der Waals surface area contributed by atoms with Crippen molar-refractivity contribution in [2.24, 2.45) is 5.92 Å². The van der Waals surface area contributed by atoms with Gasteiger partial charge in [-0.2, -0.15) is 0 Å². The molecular formula is C23H30N2O3. The van der Waals surface area contributed by atoms with Crippen LogP contribution in [0.5, 0.6) is 0 Å². The number of carbonyl (C=O) groups excluding carboxylic acids is 2. The quantitative estimate of drug-likeness (QED) is 0.743. The molecule has 0 bridgehead atoms. The Balaban J connectivity index is 1.72. The van der Waals surface area contributed by atoms with Gasteiger partial charge < -0.3 is 15.3 Å². The van der Waals surface area contributed by atoms with Gasteiger partial charge in [0, 0.05) is 37.3 Å². The Hall–Kier alpha value is -2.32. The first-order chi connectivity index (χ1) is 13.6. The van der Waals surface area contributed by atoms with Crippen molar-refractivity contribution >= 4 is 11.8 Å². The van der Waals surface area contributed by atoms with Crippen molar-refractivity contribution in [2.75, 3.05) is 13.2 Å². The van der Waals surface area contributed by atoms with E-state index >= 15 is 0 Å². The molecule has 5 nitrogen and oxygen atoms in total. The average Bonchev–Trinajstić information content (AvgIpc) is 2.60. The van der Waals surface area contributed by atoms with Gasteiger partial charge in [-0.05, 0) is 37.0 Å². The van der Waals surface area contributed by atoms with E-state index in [1.807, 2.05) is 24.3 Å². The van der Waals surface area contributed by atoms with E-state index in [9.17, 15) is 14.7 Å². The van der Waals surface area contributed by atoms with Crippen LogP contribution in [-0.4, -0.2) is 47.1 Å². The molecule has 1 aliphatic heterocycles. The normalized spacial score (nSPS) is 23.8. The van der Waals surface area contributed by atoms with Crippen LogP contribution in [0.25, 0.3) is 0 Å². The summed E-state index contributed by atoms with van der Waals surface area (Å²) in [5.74, 6) is 6.45. The number of nitrogens with zero attached hydrogens (tertiary/aromatic N) is 1. The van der Waals surface area contributed by atoms with Crippen molar-refractivity contribution in [1.82, 2.24) is 10.2 Å². The van der Waals surface area contributed by atoms with Gasteiger partial charge in [-0.25, -0.2) is 0 Å². The van der Waals surface area contributed by atoms with Gasteiger partial charge in [-0.1, -0.05) is 37.3 Å². The van der Waals surface area contributed by atoms with Gasteiger partial charge in [-0.3, -0.25) is 9.59 Å². The molecule has 3 rings (SSSR count). The predicted octanol–water partition coefficient (Wildman–Crippen LogP) is 2.43. The predicted molar refractivity (Wildman–Crippen MR) is 109 cm³/mol. The van der Waals surface area contributed by atoms with Crippen LogP contribution < -0.4 is 5.32 Å². The fraction of sp³-hybridized carbons (Fsp3) is 0.565. The van der Waals surface area contributed by atoms with E-state index in [1.165, 1.54) is 6.92 Å². The third kappa shape index (κ3) is 4.23.